The lowest BCUT2D eigenvalue weighted by atomic mass is 10.0. The van der Waals surface area contributed by atoms with Gasteiger partial charge in [0.2, 0.25) is 0 Å². The maximum atomic E-state index is 12.6. The molecule has 2 amide bonds. The average Bonchev–Trinajstić information content (AvgIpc) is 2.93. The topological polar surface area (TPSA) is 88.5 Å². The zero-order valence-electron chi connectivity index (χ0n) is 14.3. The molecule has 1 fully saturated rings. The molecule has 0 aliphatic carbocycles. The predicted octanol–water partition coefficient (Wildman–Crippen LogP) is 0.417. The van der Waals surface area contributed by atoms with Crippen molar-refractivity contribution < 1.29 is 14.3 Å². The molecule has 132 valence electrons. The summed E-state index contributed by atoms with van der Waals surface area (Å²) in [6, 6.07) is 0.0670. The first kappa shape index (κ1) is 16.8. The van der Waals surface area contributed by atoms with Crippen LogP contribution in [0.2, 0.25) is 0 Å². The summed E-state index contributed by atoms with van der Waals surface area (Å²) in [6.07, 6.45) is 2.09. The van der Waals surface area contributed by atoms with Crippen molar-refractivity contribution in [2.24, 2.45) is 7.05 Å². The van der Waals surface area contributed by atoms with Crippen LogP contribution in [-0.2, 0) is 24.8 Å². The number of aryl methyl sites for hydroxylation is 1. The standard InChI is InChI=1S/C16H25N5O3/c1-3-24-16(23)21-8-5-11(6-9-21)18-15(22)14-12-10-17-7-4-13(12)20(2)19-14/h11,17H,3-10H2,1-2H3,(H,18,22). The molecule has 1 aromatic heterocycles. The fraction of sp³-hybridized carbons (Fsp3) is 0.688. The molecule has 2 aliphatic rings. The van der Waals surface area contributed by atoms with Crippen LogP contribution in [0.1, 0.15) is 41.5 Å². The summed E-state index contributed by atoms with van der Waals surface area (Å²) < 4.78 is 6.83. The van der Waals surface area contributed by atoms with E-state index < -0.39 is 0 Å². The molecule has 0 aromatic carbocycles. The van der Waals surface area contributed by atoms with Crippen molar-refractivity contribution >= 4 is 12.0 Å². The second-order valence-electron chi connectivity index (χ2n) is 6.26. The third-order valence-electron chi connectivity index (χ3n) is 4.69. The van der Waals surface area contributed by atoms with E-state index in [4.69, 9.17) is 4.74 Å². The maximum absolute atomic E-state index is 12.6. The van der Waals surface area contributed by atoms with Gasteiger partial charge >= 0.3 is 6.09 Å². The van der Waals surface area contributed by atoms with E-state index in [1.54, 1.807) is 11.8 Å². The van der Waals surface area contributed by atoms with Gasteiger partial charge in [0.1, 0.15) is 0 Å². The van der Waals surface area contributed by atoms with Crippen LogP contribution < -0.4 is 10.6 Å². The smallest absolute Gasteiger partial charge is 0.409 e. The summed E-state index contributed by atoms with van der Waals surface area (Å²) >= 11 is 0. The molecule has 3 rings (SSSR count). The molecule has 24 heavy (non-hydrogen) atoms. The van der Waals surface area contributed by atoms with E-state index in [1.807, 2.05) is 11.7 Å². The van der Waals surface area contributed by atoms with Gasteiger partial charge in [-0.25, -0.2) is 4.79 Å². The minimum absolute atomic E-state index is 0.0670. The predicted molar refractivity (Wildman–Crippen MR) is 87.7 cm³/mol. The van der Waals surface area contributed by atoms with E-state index in [2.05, 4.69) is 15.7 Å². The number of rotatable bonds is 3. The zero-order valence-corrected chi connectivity index (χ0v) is 14.3. The number of hydrogen-bond acceptors (Lipinski definition) is 5. The number of carbonyl (C=O) groups excluding carboxylic acids is 2. The lowest BCUT2D eigenvalue weighted by molar-refractivity contribution is 0.0855. The average molecular weight is 335 g/mol. The maximum Gasteiger partial charge on any atom is 0.409 e. The Morgan fingerprint density at radius 3 is 2.83 bits per heavy atom. The highest BCUT2D eigenvalue weighted by atomic mass is 16.6. The summed E-state index contributed by atoms with van der Waals surface area (Å²) in [5.74, 6) is -0.120. The fourth-order valence-electron chi connectivity index (χ4n) is 3.38. The van der Waals surface area contributed by atoms with Crippen LogP contribution in [0.15, 0.2) is 0 Å². The molecule has 2 aliphatic heterocycles. The lowest BCUT2D eigenvalue weighted by Gasteiger charge is -2.31. The van der Waals surface area contributed by atoms with Gasteiger partial charge in [0, 0.05) is 56.9 Å². The van der Waals surface area contributed by atoms with Crippen molar-refractivity contribution in [3.05, 3.63) is 17.0 Å². The Morgan fingerprint density at radius 1 is 1.38 bits per heavy atom. The molecular formula is C16H25N5O3. The number of amides is 2. The molecule has 0 atom stereocenters. The molecule has 3 heterocycles. The Morgan fingerprint density at radius 2 is 2.12 bits per heavy atom. The largest absolute Gasteiger partial charge is 0.450 e. The number of piperidine rings is 1. The summed E-state index contributed by atoms with van der Waals surface area (Å²) in [5, 5.41) is 10.8. The number of aromatic nitrogens is 2. The summed E-state index contributed by atoms with van der Waals surface area (Å²) in [4.78, 5) is 26.0. The van der Waals surface area contributed by atoms with Crippen LogP contribution in [0.4, 0.5) is 4.79 Å². The lowest BCUT2D eigenvalue weighted by Crippen LogP contribution is -2.47. The zero-order chi connectivity index (χ0) is 17.1. The van der Waals surface area contributed by atoms with Crippen LogP contribution in [0.5, 0.6) is 0 Å². The molecule has 0 unspecified atom stereocenters. The van der Waals surface area contributed by atoms with Crippen LogP contribution in [0, 0.1) is 0 Å². The Kier molecular flexibility index (Phi) is 5.03. The number of carbonyl (C=O) groups is 2. The van der Waals surface area contributed by atoms with Crippen molar-refractivity contribution in [1.29, 1.82) is 0 Å². The van der Waals surface area contributed by atoms with E-state index >= 15 is 0 Å². The van der Waals surface area contributed by atoms with Gasteiger partial charge in [-0.2, -0.15) is 5.10 Å². The van der Waals surface area contributed by atoms with Crippen molar-refractivity contribution in [2.45, 2.75) is 38.8 Å². The molecule has 8 nitrogen and oxygen atoms in total. The van der Waals surface area contributed by atoms with E-state index in [-0.39, 0.29) is 18.0 Å². The molecule has 0 bridgehead atoms. The van der Waals surface area contributed by atoms with Crippen molar-refractivity contribution in [2.75, 3.05) is 26.2 Å². The number of fused-ring (bicyclic) bond motifs is 1. The monoisotopic (exact) mass is 335 g/mol. The first-order chi connectivity index (χ1) is 11.6. The molecule has 2 N–H and O–H groups in total. The minimum Gasteiger partial charge on any atom is -0.450 e. The Bertz CT molecular complexity index is 619. The van der Waals surface area contributed by atoms with Crippen molar-refractivity contribution in [3.63, 3.8) is 0 Å². The summed E-state index contributed by atoms with van der Waals surface area (Å²) in [7, 11) is 1.89. The van der Waals surface area contributed by atoms with Gasteiger partial charge in [-0.05, 0) is 19.8 Å². The van der Waals surface area contributed by atoms with Crippen LogP contribution in [-0.4, -0.2) is 59.0 Å². The fourth-order valence-corrected chi connectivity index (χ4v) is 3.38. The summed E-state index contributed by atoms with van der Waals surface area (Å²) in [5.41, 5.74) is 2.66. The van der Waals surface area contributed by atoms with Gasteiger partial charge in [0.15, 0.2) is 5.69 Å². The second-order valence-corrected chi connectivity index (χ2v) is 6.26. The highest BCUT2D eigenvalue weighted by Gasteiger charge is 2.28. The highest BCUT2D eigenvalue weighted by Crippen LogP contribution is 2.18. The Balaban J connectivity index is 1.58. The number of ether oxygens (including phenoxy) is 1. The Labute approximate surface area is 141 Å². The number of likely N-dealkylation sites (tertiary alicyclic amines) is 1. The number of nitrogens with one attached hydrogen (secondary N) is 2. The van der Waals surface area contributed by atoms with Crippen LogP contribution in [0.25, 0.3) is 0 Å². The first-order valence-electron chi connectivity index (χ1n) is 8.58. The third-order valence-corrected chi connectivity index (χ3v) is 4.69. The SMILES string of the molecule is CCOC(=O)N1CCC(NC(=O)c2nn(C)c3c2CNCC3)CC1. The molecule has 8 heteroatoms. The van der Waals surface area contributed by atoms with Gasteiger partial charge in [0.25, 0.3) is 5.91 Å². The van der Waals surface area contributed by atoms with E-state index in [0.29, 0.717) is 31.9 Å². The van der Waals surface area contributed by atoms with Crippen molar-refractivity contribution in [1.82, 2.24) is 25.3 Å². The molecule has 0 saturated carbocycles. The van der Waals surface area contributed by atoms with Crippen LogP contribution in [0.3, 0.4) is 0 Å². The first-order valence-corrected chi connectivity index (χ1v) is 8.58. The second kappa shape index (κ2) is 7.21. The van der Waals surface area contributed by atoms with Gasteiger partial charge in [-0.1, -0.05) is 0 Å². The molecule has 0 spiro atoms. The van der Waals surface area contributed by atoms with Gasteiger partial charge < -0.3 is 20.3 Å². The quantitative estimate of drug-likeness (QED) is 0.836. The number of hydrogen-bond donors (Lipinski definition) is 2. The summed E-state index contributed by atoms with van der Waals surface area (Å²) in [6.45, 7) is 4.99. The van der Waals surface area contributed by atoms with E-state index in [9.17, 15) is 9.59 Å². The minimum atomic E-state index is -0.271. The van der Waals surface area contributed by atoms with E-state index in [1.165, 1.54) is 0 Å². The normalized spacial score (nSPS) is 18.2. The molecular weight excluding hydrogens is 310 g/mol. The Hall–Kier alpha value is -2.09. The molecule has 1 saturated heterocycles. The third kappa shape index (κ3) is 3.38. The van der Waals surface area contributed by atoms with Gasteiger partial charge in [-0.15, -0.1) is 0 Å². The molecule has 1 aromatic rings. The van der Waals surface area contributed by atoms with Crippen LogP contribution >= 0.6 is 0 Å². The number of nitrogens with zero attached hydrogens (tertiary/aromatic N) is 3. The molecule has 0 radical (unpaired) electrons. The van der Waals surface area contributed by atoms with Gasteiger partial charge in [0.05, 0.1) is 6.61 Å². The van der Waals surface area contributed by atoms with E-state index in [0.717, 1.165) is 37.1 Å². The van der Waals surface area contributed by atoms with Gasteiger partial charge in [-0.3, -0.25) is 9.48 Å². The van der Waals surface area contributed by atoms with Crippen molar-refractivity contribution in [3.8, 4) is 0 Å². The highest BCUT2D eigenvalue weighted by molar-refractivity contribution is 5.94.